The van der Waals surface area contributed by atoms with Crippen molar-refractivity contribution >= 4 is 11.7 Å². The summed E-state index contributed by atoms with van der Waals surface area (Å²) in [5, 5.41) is 0. The SMILES string of the molecule is Cc1cc(C(=O)OF)ncc1N. The van der Waals surface area contributed by atoms with Crippen LogP contribution in [0.5, 0.6) is 0 Å². The largest absolute Gasteiger partial charge is 0.397 e. The van der Waals surface area contributed by atoms with Gasteiger partial charge in [-0.1, -0.05) is 0 Å². The van der Waals surface area contributed by atoms with Gasteiger partial charge in [0.05, 0.1) is 11.9 Å². The van der Waals surface area contributed by atoms with E-state index in [0.29, 0.717) is 11.3 Å². The number of anilines is 1. The van der Waals surface area contributed by atoms with Gasteiger partial charge in [-0.25, -0.2) is 14.7 Å². The van der Waals surface area contributed by atoms with Crippen molar-refractivity contribution in [3.63, 3.8) is 0 Å². The number of hydrogen-bond acceptors (Lipinski definition) is 4. The van der Waals surface area contributed by atoms with Crippen LogP contribution < -0.4 is 5.73 Å². The third-order valence-corrected chi connectivity index (χ3v) is 1.43. The molecule has 0 aliphatic rings. The number of pyridine rings is 1. The van der Waals surface area contributed by atoms with E-state index in [1.165, 1.54) is 12.3 Å². The highest BCUT2D eigenvalue weighted by molar-refractivity contribution is 5.87. The molecule has 1 aromatic rings. The molecule has 0 aromatic carbocycles. The lowest BCUT2D eigenvalue weighted by Gasteiger charge is -1.99. The Morgan fingerprint density at radius 3 is 2.92 bits per heavy atom. The molecule has 0 aliphatic heterocycles. The van der Waals surface area contributed by atoms with Crippen LogP contribution in [0.4, 0.5) is 10.2 Å². The first kappa shape index (κ1) is 8.45. The van der Waals surface area contributed by atoms with Crippen molar-refractivity contribution in [1.82, 2.24) is 4.98 Å². The molecule has 0 atom stereocenters. The van der Waals surface area contributed by atoms with E-state index in [1.54, 1.807) is 6.92 Å². The van der Waals surface area contributed by atoms with E-state index in [0.717, 1.165) is 0 Å². The number of nitrogens with two attached hydrogens (primary N) is 1. The summed E-state index contributed by atoms with van der Waals surface area (Å²) in [6.07, 6.45) is 1.28. The number of carbonyl (C=O) groups excluding carboxylic acids is 1. The second-order valence-electron chi connectivity index (χ2n) is 2.29. The average Bonchev–Trinajstić information content (AvgIpc) is 2.08. The molecular weight excluding hydrogens is 163 g/mol. The van der Waals surface area contributed by atoms with E-state index >= 15 is 0 Å². The second-order valence-corrected chi connectivity index (χ2v) is 2.29. The van der Waals surface area contributed by atoms with Gasteiger partial charge in [-0.05, 0) is 18.6 Å². The molecule has 5 heteroatoms. The molecule has 0 unspecified atom stereocenters. The lowest BCUT2D eigenvalue weighted by atomic mass is 10.2. The van der Waals surface area contributed by atoms with Crippen LogP contribution in [0.2, 0.25) is 0 Å². The Hall–Kier alpha value is -1.65. The van der Waals surface area contributed by atoms with E-state index in [1.807, 2.05) is 0 Å². The summed E-state index contributed by atoms with van der Waals surface area (Å²) < 4.78 is 11.4. The predicted octanol–water partition coefficient (Wildman–Crippen LogP) is 1.01. The summed E-state index contributed by atoms with van der Waals surface area (Å²) in [4.78, 5) is 17.1. The van der Waals surface area contributed by atoms with Gasteiger partial charge in [-0.15, -0.1) is 0 Å². The van der Waals surface area contributed by atoms with Crippen molar-refractivity contribution in [2.24, 2.45) is 0 Å². The van der Waals surface area contributed by atoms with Gasteiger partial charge in [-0.3, -0.25) is 0 Å². The van der Waals surface area contributed by atoms with Crippen molar-refractivity contribution in [2.45, 2.75) is 6.92 Å². The number of halogens is 1. The van der Waals surface area contributed by atoms with Crippen LogP contribution in [0.1, 0.15) is 16.1 Å². The van der Waals surface area contributed by atoms with Gasteiger partial charge in [0.1, 0.15) is 0 Å². The highest BCUT2D eigenvalue weighted by atomic mass is 19.3. The molecule has 0 aliphatic carbocycles. The van der Waals surface area contributed by atoms with E-state index < -0.39 is 5.97 Å². The minimum Gasteiger partial charge on any atom is -0.397 e. The third-order valence-electron chi connectivity index (χ3n) is 1.43. The predicted molar refractivity (Wildman–Crippen MR) is 39.9 cm³/mol. The Morgan fingerprint density at radius 1 is 1.75 bits per heavy atom. The van der Waals surface area contributed by atoms with Gasteiger partial charge in [0.2, 0.25) is 0 Å². The van der Waals surface area contributed by atoms with E-state index in [9.17, 15) is 9.32 Å². The van der Waals surface area contributed by atoms with Crippen molar-refractivity contribution in [2.75, 3.05) is 5.73 Å². The highest BCUT2D eigenvalue weighted by Gasteiger charge is 2.09. The summed E-state index contributed by atoms with van der Waals surface area (Å²) in [6.45, 7) is 1.69. The number of rotatable bonds is 1. The van der Waals surface area contributed by atoms with E-state index in [2.05, 4.69) is 9.93 Å². The summed E-state index contributed by atoms with van der Waals surface area (Å²) in [5.41, 5.74) is 6.44. The minimum absolute atomic E-state index is 0.0933. The zero-order chi connectivity index (χ0) is 9.14. The molecule has 2 N–H and O–H groups in total. The van der Waals surface area contributed by atoms with Gasteiger partial charge < -0.3 is 5.73 Å². The fraction of sp³-hybridized carbons (Fsp3) is 0.143. The van der Waals surface area contributed by atoms with Crippen molar-refractivity contribution in [1.29, 1.82) is 0 Å². The smallest absolute Gasteiger partial charge is 0.397 e. The number of carbonyl (C=O) groups is 1. The van der Waals surface area contributed by atoms with Crippen LogP contribution in [0.25, 0.3) is 0 Å². The number of hydrogen-bond donors (Lipinski definition) is 1. The summed E-state index contributed by atoms with van der Waals surface area (Å²) in [6, 6.07) is 1.36. The normalized spacial score (nSPS) is 9.50. The minimum atomic E-state index is -1.11. The summed E-state index contributed by atoms with van der Waals surface area (Å²) >= 11 is 0. The maximum Gasteiger partial charge on any atom is 0.397 e. The van der Waals surface area contributed by atoms with Crippen LogP contribution in [0, 0.1) is 6.92 Å². The lowest BCUT2D eigenvalue weighted by Crippen LogP contribution is -2.03. The van der Waals surface area contributed by atoms with Crippen LogP contribution in [0.3, 0.4) is 0 Å². The second kappa shape index (κ2) is 3.17. The lowest BCUT2D eigenvalue weighted by molar-refractivity contribution is -0.0793. The molecule has 12 heavy (non-hydrogen) atoms. The third kappa shape index (κ3) is 1.50. The van der Waals surface area contributed by atoms with Gasteiger partial charge in [0.15, 0.2) is 5.69 Å². The topological polar surface area (TPSA) is 65.2 Å². The fourth-order valence-electron chi connectivity index (χ4n) is 0.718. The quantitative estimate of drug-likeness (QED) is 0.683. The van der Waals surface area contributed by atoms with Gasteiger partial charge in [0, 0.05) is 4.53 Å². The maximum absolute atomic E-state index is 11.4. The molecule has 1 heterocycles. The van der Waals surface area contributed by atoms with Crippen LogP contribution >= 0.6 is 0 Å². The molecule has 4 nitrogen and oxygen atoms in total. The molecule has 1 aromatic heterocycles. The Morgan fingerprint density at radius 2 is 2.42 bits per heavy atom. The number of nitrogens with zero attached hydrogens (tertiary/aromatic N) is 1. The highest BCUT2D eigenvalue weighted by Crippen LogP contribution is 2.10. The molecule has 0 bridgehead atoms. The van der Waals surface area contributed by atoms with Crippen LogP contribution in [-0.4, -0.2) is 11.0 Å². The Labute approximate surface area is 68.1 Å². The average molecular weight is 170 g/mol. The van der Waals surface area contributed by atoms with Gasteiger partial charge >= 0.3 is 5.97 Å². The number of aryl methyl sites for hydroxylation is 1. The first-order valence-corrected chi connectivity index (χ1v) is 3.20. The molecule has 0 spiro atoms. The van der Waals surface area contributed by atoms with Crippen LogP contribution in [-0.2, 0) is 4.94 Å². The molecule has 64 valence electrons. The zero-order valence-corrected chi connectivity index (χ0v) is 6.37. The van der Waals surface area contributed by atoms with E-state index in [4.69, 9.17) is 5.73 Å². The first-order chi connectivity index (χ1) is 5.65. The molecule has 0 radical (unpaired) electrons. The zero-order valence-electron chi connectivity index (χ0n) is 6.37. The van der Waals surface area contributed by atoms with Crippen molar-refractivity contribution in [3.8, 4) is 0 Å². The molecule has 0 saturated heterocycles. The Balaban J connectivity index is 3.05. The Bertz CT molecular complexity index is 314. The number of aromatic nitrogens is 1. The molecule has 0 saturated carbocycles. The van der Waals surface area contributed by atoms with Gasteiger partial charge in [0.25, 0.3) is 0 Å². The van der Waals surface area contributed by atoms with Crippen molar-refractivity contribution in [3.05, 3.63) is 23.5 Å². The molecule has 1 rings (SSSR count). The van der Waals surface area contributed by atoms with Gasteiger partial charge in [-0.2, -0.15) is 0 Å². The monoisotopic (exact) mass is 170 g/mol. The molecule has 0 amide bonds. The first-order valence-electron chi connectivity index (χ1n) is 3.20. The Kier molecular flexibility index (Phi) is 2.23. The fourth-order valence-corrected chi connectivity index (χ4v) is 0.718. The standard InChI is InChI=1S/C7H7FN2O2/c1-4-2-6(7(11)12-8)10-3-5(4)9/h2-3H,9H2,1H3. The molecule has 0 fully saturated rings. The van der Waals surface area contributed by atoms with E-state index in [-0.39, 0.29) is 5.69 Å². The molecular formula is C7H7FN2O2. The maximum atomic E-state index is 11.4. The van der Waals surface area contributed by atoms with Crippen LogP contribution in [0.15, 0.2) is 12.3 Å². The summed E-state index contributed by atoms with van der Waals surface area (Å²) in [5.74, 6) is -1.11. The summed E-state index contributed by atoms with van der Waals surface area (Å²) in [7, 11) is 0. The number of nitrogen functional groups attached to an aromatic ring is 1. The van der Waals surface area contributed by atoms with Crippen molar-refractivity contribution < 1.29 is 14.3 Å².